The summed E-state index contributed by atoms with van der Waals surface area (Å²) in [5.41, 5.74) is 4.73. The zero-order valence-electron chi connectivity index (χ0n) is 18.3. The second-order valence-corrected chi connectivity index (χ2v) is 7.62. The van der Waals surface area contributed by atoms with Gasteiger partial charge in [-0.05, 0) is 19.1 Å². The molecule has 7 nitrogen and oxygen atoms in total. The topological polar surface area (TPSA) is 69.9 Å². The third kappa shape index (κ3) is 4.09. The first kappa shape index (κ1) is 21.9. The van der Waals surface area contributed by atoms with Crippen LogP contribution in [-0.4, -0.2) is 42.9 Å². The lowest BCUT2D eigenvalue weighted by Crippen LogP contribution is -2.10. The van der Waals surface area contributed by atoms with Gasteiger partial charge in [0.1, 0.15) is 12.3 Å². The van der Waals surface area contributed by atoms with Crippen molar-refractivity contribution in [3.05, 3.63) is 70.9 Å². The second kappa shape index (κ2) is 9.46. The normalized spacial score (nSPS) is 12.2. The lowest BCUT2D eigenvalue weighted by molar-refractivity contribution is 0.144. The van der Waals surface area contributed by atoms with E-state index in [4.69, 9.17) is 30.8 Å². The molecule has 2 heterocycles. The summed E-state index contributed by atoms with van der Waals surface area (Å²) in [5.74, 6) is 1.97. The van der Waals surface area contributed by atoms with Crippen LogP contribution in [0.5, 0.6) is 11.5 Å². The fraction of sp³-hybridized carbons (Fsp3) is 0.250. The van der Waals surface area contributed by atoms with Crippen LogP contribution in [0.3, 0.4) is 0 Å². The highest BCUT2D eigenvalue weighted by Gasteiger charge is 2.26. The van der Waals surface area contributed by atoms with Gasteiger partial charge in [0.2, 0.25) is 0 Å². The Kier molecular flexibility index (Phi) is 6.48. The Hall–Kier alpha value is -3.29. The van der Waals surface area contributed by atoms with Crippen molar-refractivity contribution < 1.29 is 14.2 Å². The molecular weight excluding hydrogens is 428 g/mol. The minimum absolute atomic E-state index is 0.394. The molecule has 1 aliphatic heterocycles. The van der Waals surface area contributed by atoms with E-state index in [0.717, 1.165) is 39.7 Å². The number of ether oxygens (including phenoxy) is 3. The van der Waals surface area contributed by atoms with Crippen molar-refractivity contribution in [2.45, 2.75) is 13.5 Å². The minimum Gasteiger partial charge on any atom is -0.493 e. The van der Waals surface area contributed by atoms with Crippen molar-refractivity contribution in [1.82, 2.24) is 9.78 Å². The van der Waals surface area contributed by atoms with Crippen LogP contribution in [0.25, 0.3) is 0 Å². The highest BCUT2D eigenvalue weighted by Crippen LogP contribution is 2.42. The fourth-order valence-electron chi connectivity index (χ4n) is 3.61. The molecule has 8 heteroatoms. The Morgan fingerprint density at radius 2 is 1.94 bits per heavy atom. The first-order valence-electron chi connectivity index (χ1n) is 10.2. The third-order valence-corrected chi connectivity index (χ3v) is 5.44. The maximum absolute atomic E-state index is 6.59. The first-order chi connectivity index (χ1) is 15.6. The van der Waals surface area contributed by atoms with Gasteiger partial charge >= 0.3 is 0 Å². The molecule has 4 rings (SSSR count). The summed E-state index contributed by atoms with van der Waals surface area (Å²) in [6.45, 7) is 7.18. The molecule has 1 aliphatic rings. The zero-order valence-corrected chi connectivity index (χ0v) is 19.1. The molecule has 0 atom stereocenters. The van der Waals surface area contributed by atoms with Crippen LogP contribution in [0.1, 0.15) is 16.8 Å². The van der Waals surface area contributed by atoms with Gasteiger partial charge in [0.25, 0.3) is 0 Å². The second-order valence-electron chi connectivity index (χ2n) is 7.21. The van der Waals surface area contributed by atoms with Crippen LogP contribution >= 0.6 is 11.6 Å². The molecule has 166 valence electrons. The summed E-state index contributed by atoms with van der Waals surface area (Å²) < 4.78 is 18.5. The van der Waals surface area contributed by atoms with E-state index in [2.05, 4.69) is 17.0 Å². The maximum atomic E-state index is 6.59. The van der Waals surface area contributed by atoms with E-state index >= 15 is 0 Å². The van der Waals surface area contributed by atoms with Gasteiger partial charge < -0.3 is 19.5 Å². The number of nitrogens with zero attached hydrogens (tertiary/aromatic N) is 3. The van der Waals surface area contributed by atoms with Gasteiger partial charge in [-0.3, -0.25) is 0 Å². The number of halogens is 1. The number of allylic oxidation sites excluding steroid dienone is 1. The number of aliphatic imine (C=N–C) groups is 1. The SMILES string of the molecule is C=CCn1nc(C)c2c1Nc1cc(OC)c(OCCOC)cc1C(c1ccccc1Cl)=N2. The zero-order chi connectivity index (χ0) is 22.7. The van der Waals surface area contributed by atoms with Gasteiger partial charge in [-0.15, -0.1) is 6.58 Å². The monoisotopic (exact) mass is 452 g/mol. The van der Waals surface area contributed by atoms with Crippen LogP contribution in [0.15, 0.2) is 54.0 Å². The predicted molar refractivity (Wildman–Crippen MR) is 128 cm³/mol. The van der Waals surface area contributed by atoms with E-state index in [-0.39, 0.29) is 0 Å². The molecule has 0 fully saturated rings. The number of benzene rings is 2. The van der Waals surface area contributed by atoms with Crippen LogP contribution in [-0.2, 0) is 11.3 Å². The van der Waals surface area contributed by atoms with E-state index in [1.54, 1.807) is 20.3 Å². The Labute approximate surface area is 192 Å². The number of aryl methyl sites for hydroxylation is 1. The average molecular weight is 453 g/mol. The van der Waals surface area contributed by atoms with E-state index in [9.17, 15) is 0 Å². The number of aromatic nitrogens is 2. The number of hydrogen-bond donors (Lipinski definition) is 1. The summed E-state index contributed by atoms with van der Waals surface area (Å²) in [5, 5.41) is 8.74. The van der Waals surface area contributed by atoms with Crippen LogP contribution in [0, 0.1) is 6.92 Å². The molecule has 0 spiro atoms. The molecule has 1 aromatic heterocycles. The molecular formula is C24H25ClN4O3. The van der Waals surface area contributed by atoms with E-state index in [1.807, 2.05) is 48.0 Å². The number of rotatable bonds is 8. The van der Waals surface area contributed by atoms with Crippen molar-refractivity contribution in [3.8, 4) is 11.5 Å². The van der Waals surface area contributed by atoms with Gasteiger partial charge in [-0.25, -0.2) is 9.67 Å². The molecule has 0 amide bonds. The molecule has 0 saturated heterocycles. The quantitative estimate of drug-likeness (QED) is 0.290. The number of anilines is 2. The lowest BCUT2D eigenvalue weighted by Gasteiger charge is -2.17. The molecule has 0 bridgehead atoms. The summed E-state index contributed by atoms with van der Waals surface area (Å²) in [6.07, 6.45) is 1.80. The summed E-state index contributed by atoms with van der Waals surface area (Å²) in [7, 11) is 3.25. The van der Waals surface area contributed by atoms with Gasteiger partial charge in [0, 0.05) is 29.3 Å². The van der Waals surface area contributed by atoms with Gasteiger partial charge in [-0.1, -0.05) is 35.9 Å². The maximum Gasteiger partial charge on any atom is 0.162 e. The minimum atomic E-state index is 0.394. The standard InChI is InChI=1S/C24H25ClN4O3/c1-5-10-29-24-22(15(2)28-29)27-23(16-8-6-7-9-18(16)25)17-13-21(32-12-11-30-3)20(31-4)14-19(17)26-24/h5-9,13-14,26H,1,10-12H2,2-4H3. The largest absolute Gasteiger partial charge is 0.493 e. The molecule has 1 N–H and O–H groups in total. The van der Waals surface area contributed by atoms with Crippen molar-refractivity contribution in [2.24, 2.45) is 4.99 Å². The van der Waals surface area contributed by atoms with Crippen LogP contribution in [0.4, 0.5) is 17.2 Å². The highest BCUT2D eigenvalue weighted by atomic mass is 35.5. The van der Waals surface area contributed by atoms with Gasteiger partial charge in [0.05, 0.1) is 37.4 Å². The summed E-state index contributed by atoms with van der Waals surface area (Å²) in [4.78, 5) is 5.04. The number of hydrogen-bond acceptors (Lipinski definition) is 6. The Morgan fingerprint density at radius 3 is 2.66 bits per heavy atom. The van der Waals surface area contributed by atoms with Crippen molar-refractivity contribution in [3.63, 3.8) is 0 Å². The molecule has 0 unspecified atom stereocenters. The third-order valence-electron chi connectivity index (χ3n) is 5.11. The van der Waals surface area contributed by atoms with Gasteiger partial charge in [0.15, 0.2) is 17.3 Å². The van der Waals surface area contributed by atoms with Gasteiger partial charge in [-0.2, -0.15) is 5.10 Å². The van der Waals surface area contributed by atoms with Crippen molar-refractivity contribution in [1.29, 1.82) is 0 Å². The lowest BCUT2D eigenvalue weighted by atomic mass is 9.99. The smallest absolute Gasteiger partial charge is 0.162 e. The Balaban J connectivity index is 1.95. The summed E-state index contributed by atoms with van der Waals surface area (Å²) in [6, 6.07) is 11.5. The van der Waals surface area contributed by atoms with E-state index in [1.165, 1.54) is 0 Å². The average Bonchev–Trinajstić information content (AvgIpc) is 2.97. The van der Waals surface area contributed by atoms with Crippen molar-refractivity contribution >= 4 is 34.5 Å². The molecule has 0 radical (unpaired) electrons. The first-order valence-corrected chi connectivity index (χ1v) is 10.6. The van der Waals surface area contributed by atoms with E-state index in [0.29, 0.717) is 36.3 Å². The number of methoxy groups -OCH3 is 2. The molecule has 0 saturated carbocycles. The molecule has 32 heavy (non-hydrogen) atoms. The highest BCUT2D eigenvalue weighted by molar-refractivity contribution is 6.36. The number of fused-ring (bicyclic) bond motifs is 2. The van der Waals surface area contributed by atoms with Crippen molar-refractivity contribution in [2.75, 3.05) is 32.8 Å². The number of nitrogens with one attached hydrogen (secondary N) is 1. The predicted octanol–water partition coefficient (Wildman–Crippen LogP) is 5.29. The summed E-state index contributed by atoms with van der Waals surface area (Å²) >= 11 is 6.59. The Morgan fingerprint density at radius 1 is 1.12 bits per heavy atom. The molecule has 3 aromatic rings. The molecule has 2 aromatic carbocycles. The Bertz CT molecular complexity index is 1190. The fourth-order valence-corrected chi connectivity index (χ4v) is 3.83. The van der Waals surface area contributed by atoms with Crippen LogP contribution in [0.2, 0.25) is 5.02 Å². The molecule has 0 aliphatic carbocycles. The van der Waals surface area contributed by atoms with E-state index < -0.39 is 0 Å². The van der Waals surface area contributed by atoms with Crippen LogP contribution < -0.4 is 14.8 Å².